The third-order valence-electron chi connectivity index (χ3n) is 3.06. The van der Waals surface area contributed by atoms with Gasteiger partial charge in [0.05, 0.1) is 11.7 Å². The number of sulfonamides is 1. The van der Waals surface area contributed by atoms with E-state index in [9.17, 15) is 8.42 Å². The normalized spacial score (nSPS) is 13.3. The van der Waals surface area contributed by atoms with Gasteiger partial charge in [-0.25, -0.2) is 13.1 Å². The van der Waals surface area contributed by atoms with Gasteiger partial charge in [0.25, 0.3) is 0 Å². The van der Waals surface area contributed by atoms with Crippen molar-refractivity contribution in [3.63, 3.8) is 0 Å². The fraction of sp³-hybridized carbons (Fsp3) is 0.357. The Labute approximate surface area is 129 Å². The topological polar surface area (TPSA) is 71.1 Å². The minimum Gasteiger partial charge on any atom is -0.315 e. The minimum atomic E-state index is -3.57. The van der Waals surface area contributed by atoms with Gasteiger partial charge < -0.3 is 5.32 Å². The Morgan fingerprint density at radius 2 is 2.14 bits per heavy atom. The van der Waals surface area contributed by atoms with Gasteiger partial charge in [-0.15, -0.1) is 11.3 Å². The molecule has 0 aliphatic carbocycles. The zero-order valence-corrected chi connectivity index (χ0v) is 13.9. The number of nitrogens with one attached hydrogen (secondary N) is 2. The summed E-state index contributed by atoms with van der Waals surface area (Å²) in [5.74, 6) is 0. The Morgan fingerprint density at radius 3 is 2.76 bits per heavy atom. The Morgan fingerprint density at radius 1 is 1.38 bits per heavy atom. The SMILES string of the molecule is CNCc1scc(C)c1S(=O)(=O)NC(C)c1ccccn1. The summed E-state index contributed by atoms with van der Waals surface area (Å²) in [4.78, 5) is 5.38. The number of aryl methyl sites for hydroxylation is 1. The standard InChI is InChI=1S/C14H19N3O2S2/c1-10-9-20-13(8-15-3)14(10)21(18,19)17-11(2)12-6-4-5-7-16-12/h4-7,9,11,15,17H,8H2,1-3H3. The number of aromatic nitrogens is 1. The van der Waals surface area contributed by atoms with Crippen LogP contribution in [0.5, 0.6) is 0 Å². The Balaban J connectivity index is 2.29. The molecule has 1 atom stereocenters. The summed E-state index contributed by atoms with van der Waals surface area (Å²) >= 11 is 1.45. The molecule has 0 saturated heterocycles. The maximum atomic E-state index is 12.6. The number of pyridine rings is 1. The largest absolute Gasteiger partial charge is 0.315 e. The van der Waals surface area contributed by atoms with Gasteiger partial charge in [0.1, 0.15) is 4.90 Å². The van der Waals surface area contributed by atoms with Crippen LogP contribution < -0.4 is 10.0 Å². The molecule has 7 heteroatoms. The molecule has 1 unspecified atom stereocenters. The van der Waals surface area contributed by atoms with Crippen molar-refractivity contribution in [2.75, 3.05) is 7.05 Å². The molecule has 0 aliphatic rings. The van der Waals surface area contributed by atoms with Crippen LogP contribution >= 0.6 is 11.3 Å². The highest BCUT2D eigenvalue weighted by Crippen LogP contribution is 2.27. The zero-order chi connectivity index (χ0) is 15.5. The Kier molecular flexibility index (Phi) is 5.10. The summed E-state index contributed by atoms with van der Waals surface area (Å²) in [7, 11) is -1.77. The fourth-order valence-electron chi connectivity index (χ4n) is 2.11. The lowest BCUT2D eigenvalue weighted by atomic mass is 10.2. The lowest BCUT2D eigenvalue weighted by Crippen LogP contribution is -2.28. The van der Waals surface area contributed by atoms with E-state index in [0.29, 0.717) is 17.1 Å². The maximum absolute atomic E-state index is 12.6. The summed E-state index contributed by atoms with van der Waals surface area (Å²) in [5.41, 5.74) is 1.47. The summed E-state index contributed by atoms with van der Waals surface area (Å²) in [6.07, 6.45) is 1.66. The van der Waals surface area contributed by atoms with Crippen molar-refractivity contribution < 1.29 is 8.42 Å². The molecule has 0 amide bonds. The van der Waals surface area contributed by atoms with Gasteiger partial charge in [-0.05, 0) is 44.0 Å². The van der Waals surface area contributed by atoms with Crippen molar-refractivity contribution in [3.8, 4) is 0 Å². The molecule has 5 nitrogen and oxygen atoms in total. The summed E-state index contributed by atoms with van der Waals surface area (Å²) in [5, 5.41) is 4.87. The number of rotatable bonds is 6. The van der Waals surface area contributed by atoms with E-state index in [-0.39, 0.29) is 6.04 Å². The monoisotopic (exact) mass is 325 g/mol. The molecule has 0 aromatic carbocycles. The quantitative estimate of drug-likeness (QED) is 0.854. The minimum absolute atomic E-state index is 0.377. The van der Waals surface area contributed by atoms with Crippen LogP contribution in [0.1, 0.15) is 29.1 Å². The van der Waals surface area contributed by atoms with Crippen LogP contribution in [-0.4, -0.2) is 20.4 Å². The average molecular weight is 325 g/mol. The molecule has 114 valence electrons. The van der Waals surface area contributed by atoms with Crippen molar-refractivity contribution in [1.82, 2.24) is 15.0 Å². The van der Waals surface area contributed by atoms with Crippen molar-refractivity contribution in [2.24, 2.45) is 0 Å². The highest BCUT2D eigenvalue weighted by Gasteiger charge is 2.25. The third kappa shape index (κ3) is 3.68. The molecule has 0 radical (unpaired) electrons. The lowest BCUT2D eigenvalue weighted by Gasteiger charge is -2.15. The molecule has 0 fully saturated rings. The predicted octanol–water partition coefficient (Wildman–Crippen LogP) is 2.21. The number of nitrogens with zero attached hydrogens (tertiary/aromatic N) is 1. The first-order valence-electron chi connectivity index (χ1n) is 6.60. The van der Waals surface area contributed by atoms with E-state index in [1.165, 1.54) is 11.3 Å². The first kappa shape index (κ1) is 16.1. The predicted molar refractivity (Wildman–Crippen MR) is 84.8 cm³/mol. The van der Waals surface area contributed by atoms with Gasteiger partial charge in [0.15, 0.2) is 0 Å². The molecule has 0 saturated carbocycles. The fourth-order valence-corrected chi connectivity index (χ4v) is 5.15. The second-order valence-electron chi connectivity index (χ2n) is 4.80. The highest BCUT2D eigenvalue weighted by molar-refractivity contribution is 7.89. The van der Waals surface area contributed by atoms with Gasteiger partial charge in [-0.1, -0.05) is 6.07 Å². The number of thiophene rings is 1. The molecule has 2 rings (SSSR count). The Bertz CT molecular complexity index is 696. The van der Waals surface area contributed by atoms with E-state index >= 15 is 0 Å². The van der Waals surface area contributed by atoms with E-state index in [1.54, 1.807) is 26.2 Å². The molecular formula is C14H19N3O2S2. The zero-order valence-electron chi connectivity index (χ0n) is 12.3. The van der Waals surface area contributed by atoms with Gasteiger partial charge >= 0.3 is 0 Å². The summed E-state index contributed by atoms with van der Waals surface area (Å²) in [6.45, 7) is 4.14. The smallest absolute Gasteiger partial charge is 0.242 e. The van der Waals surface area contributed by atoms with Gasteiger partial charge in [-0.2, -0.15) is 0 Å². The van der Waals surface area contributed by atoms with Gasteiger partial charge in [0.2, 0.25) is 10.0 Å². The number of hydrogen-bond acceptors (Lipinski definition) is 5. The first-order valence-corrected chi connectivity index (χ1v) is 8.97. The van der Waals surface area contributed by atoms with Crippen LogP contribution in [0, 0.1) is 6.92 Å². The summed E-state index contributed by atoms with van der Waals surface area (Å²) in [6, 6.07) is 5.08. The lowest BCUT2D eigenvalue weighted by molar-refractivity contribution is 0.562. The molecule has 0 bridgehead atoms. The van der Waals surface area contributed by atoms with Crippen LogP contribution in [0.15, 0.2) is 34.7 Å². The Hall–Kier alpha value is -1.28. The molecular weight excluding hydrogens is 306 g/mol. The summed E-state index contributed by atoms with van der Waals surface area (Å²) < 4.78 is 28.0. The second kappa shape index (κ2) is 6.65. The molecule has 2 heterocycles. The van der Waals surface area contributed by atoms with Crippen molar-refractivity contribution in [2.45, 2.75) is 31.3 Å². The average Bonchev–Trinajstić information content (AvgIpc) is 2.81. The van der Waals surface area contributed by atoms with Crippen LogP contribution in [-0.2, 0) is 16.6 Å². The number of hydrogen-bond donors (Lipinski definition) is 2. The second-order valence-corrected chi connectivity index (χ2v) is 7.41. The molecule has 0 spiro atoms. The van der Waals surface area contributed by atoms with E-state index in [4.69, 9.17) is 0 Å². The van der Waals surface area contributed by atoms with E-state index in [1.807, 2.05) is 24.4 Å². The van der Waals surface area contributed by atoms with Crippen molar-refractivity contribution >= 4 is 21.4 Å². The van der Waals surface area contributed by atoms with Gasteiger partial charge in [-0.3, -0.25) is 4.98 Å². The van der Waals surface area contributed by atoms with Crippen LogP contribution in [0.3, 0.4) is 0 Å². The van der Waals surface area contributed by atoms with E-state index in [0.717, 1.165) is 10.4 Å². The van der Waals surface area contributed by atoms with Gasteiger partial charge in [0, 0.05) is 17.6 Å². The molecule has 21 heavy (non-hydrogen) atoms. The van der Waals surface area contributed by atoms with E-state index < -0.39 is 10.0 Å². The highest BCUT2D eigenvalue weighted by atomic mass is 32.2. The molecule has 2 aromatic heterocycles. The van der Waals surface area contributed by atoms with Crippen LogP contribution in [0.2, 0.25) is 0 Å². The van der Waals surface area contributed by atoms with Crippen LogP contribution in [0.25, 0.3) is 0 Å². The first-order chi connectivity index (χ1) is 9.95. The van der Waals surface area contributed by atoms with E-state index in [2.05, 4.69) is 15.0 Å². The van der Waals surface area contributed by atoms with Crippen molar-refractivity contribution in [1.29, 1.82) is 0 Å². The van der Waals surface area contributed by atoms with Crippen molar-refractivity contribution in [3.05, 3.63) is 45.9 Å². The molecule has 2 N–H and O–H groups in total. The van der Waals surface area contributed by atoms with Crippen LogP contribution in [0.4, 0.5) is 0 Å². The maximum Gasteiger partial charge on any atom is 0.242 e. The molecule has 2 aromatic rings. The third-order valence-corrected chi connectivity index (χ3v) is 6.06. The molecule has 0 aliphatic heterocycles.